The van der Waals surface area contributed by atoms with Crippen molar-refractivity contribution in [3.63, 3.8) is 0 Å². The second-order valence-corrected chi connectivity index (χ2v) is 12.0. The Morgan fingerprint density at radius 2 is 1.72 bits per heavy atom. The van der Waals surface area contributed by atoms with E-state index in [0.29, 0.717) is 60.6 Å². The molecule has 11 heteroatoms. The Labute approximate surface area is 228 Å². The molecule has 5 rings (SSSR count). The number of nitrogen functional groups attached to an aromatic ring is 1. The summed E-state index contributed by atoms with van der Waals surface area (Å²) in [4.78, 5) is 18.5. The van der Waals surface area contributed by atoms with Crippen molar-refractivity contribution < 1.29 is 17.9 Å². The molecule has 0 bridgehead atoms. The van der Waals surface area contributed by atoms with Gasteiger partial charge in [-0.2, -0.15) is 0 Å². The van der Waals surface area contributed by atoms with Crippen molar-refractivity contribution in [2.45, 2.75) is 29.9 Å². The Morgan fingerprint density at radius 1 is 1.05 bits per heavy atom. The predicted octanol–water partition coefficient (Wildman–Crippen LogP) is 2.96. The summed E-state index contributed by atoms with van der Waals surface area (Å²) in [5.74, 6) is -0.0234. The second kappa shape index (κ2) is 10.8. The molecule has 0 aromatic heterocycles. The summed E-state index contributed by atoms with van der Waals surface area (Å²) in [6.07, 6.45) is 0.666. The standard InChI is InChI=1S/C28H34N6O4S/c1-32(2)25-7-3-6-24-23(25)5-4-8-26(24)39(36,37)31-20-13-15-33(16-14-20)17-22-18-34(28(35)38-22)21-11-9-19(10-12-21)27(29)30/h3-12,20,22,31H,13-18H2,1-2H3,(H3,29,30). The van der Waals surface area contributed by atoms with Gasteiger partial charge in [0, 0.05) is 54.4 Å². The van der Waals surface area contributed by atoms with E-state index in [1.807, 2.05) is 43.3 Å². The van der Waals surface area contributed by atoms with E-state index in [4.69, 9.17) is 15.9 Å². The first kappa shape index (κ1) is 26.9. The SMILES string of the molecule is CN(C)c1cccc2c(S(=O)(=O)NC3CCN(CC4CN(c5ccc(C(=N)N)cc5)C(=O)O4)CC3)cccc12. The number of rotatable bonds is 8. The van der Waals surface area contributed by atoms with E-state index in [0.717, 1.165) is 11.1 Å². The first-order valence-electron chi connectivity index (χ1n) is 13.0. The van der Waals surface area contributed by atoms with Crippen LogP contribution in [0.5, 0.6) is 0 Å². The van der Waals surface area contributed by atoms with Crippen LogP contribution in [0.3, 0.4) is 0 Å². The van der Waals surface area contributed by atoms with Crippen LogP contribution in [0.2, 0.25) is 0 Å². The fraction of sp³-hybridized carbons (Fsp3) is 0.357. The Hall–Kier alpha value is -3.67. The van der Waals surface area contributed by atoms with Gasteiger partial charge in [-0.05, 0) is 62.3 Å². The van der Waals surface area contributed by atoms with E-state index in [-0.39, 0.29) is 18.0 Å². The third-order valence-corrected chi connectivity index (χ3v) is 8.94. The van der Waals surface area contributed by atoms with Crippen molar-refractivity contribution in [2.75, 3.05) is 50.1 Å². The van der Waals surface area contributed by atoms with Crippen LogP contribution in [0.25, 0.3) is 10.8 Å². The highest BCUT2D eigenvalue weighted by Crippen LogP contribution is 2.31. The molecular formula is C28H34N6O4S. The van der Waals surface area contributed by atoms with E-state index in [2.05, 4.69) is 9.62 Å². The van der Waals surface area contributed by atoms with Crippen LogP contribution in [-0.2, 0) is 14.8 Å². The molecule has 1 atom stereocenters. The normalized spacial score (nSPS) is 18.9. The number of hydrogen-bond acceptors (Lipinski definition) is 7. The third kappa shape index (κ3) is 5.70. The summed E-state index contributed by atoms with van der Waals surface area (Å²) in [5.41, 5.74) is 7.78. The van der Waals surface area contributed by atoms with Gasteiger partial charge in [-0.15, -0.1) is 0 Å². The van der Waals surface area contributed by atoms with E-state index in [1.54, 1.807) is 41.3 Å². The highest BCUT2D eigenvalue weighted by Gasteiger charge is 2.35. The number of ether oxygens (including phenoxy) is 1. The van der Waals surface area contributed by atoms with Gasteiger partial charge in [-0.3, -0.25) is 15.2 Å². The minimum Gasteiger partial charge on any atom is -0.443 e. The lowest BCUT2D eigenvalue weighted by atomic mass is 10.1. The number of likely N-dealkylation sites (tertiary alicyclic amines) is 1. The van der Waals surface area contributed by atoms with E-state index in [1.165, 1.54) is 0 Å². The first-order valence-corrected chi connectivity index (χ1v) is 14.5. The summed E-state index contributed by atoms with van der Waals surface area (Å²) in [6.45, 7) is 2.43. The average molecular weight is 551 g/mol. The number of carbonyl (C=O) groups excluding carboxylic acids is 1. The molecular weight excluding hydrogens is 516 g/mol. The van der Waals surface area contributed by atoms with Crippen molar-refractivity contribution in [3.8, 4) is 0 Å². The summed E-state index contributed by atoms with van der Waals surface area (Å²) < 4.78 is 35.3. The molecule has 2 fully saturated rings. The van der Waals surface area contributed by atoms with Crippen molar-refractivity contribution in [3.05, 3.63) is 66.2 Å². The average Bonchev–Trinajstić information content (AvgIpc) is 3.28. The van der Waals surface area contributed by atoms with Gasteiger partial charge < -0.3 is 15.4 Å². The fourth-order valence-corrected chi connectivity index (χ4v) is 6.87. The van der Waals surface area contributed by atoms with Crippen molar-refractivity contribution in [1.82, 2.24) is 9.62 Å². The number of anilines is 2. The summed E-state index contributed by atoms with van der Waals surface area (Å²) in [7, 11) is 0.180. The monoisotopic (exact) mass is 550 g/mol. The van der Waals surface area contributed by atoms with E-state index < -0.39 is 16.1 Å². The summed E-state index contributed by atoms with van der Waals surface area (Å²) >= 11 is 0. The van der Waals surface area contributed by atoms with Crippen LogP contribution in [0.15, 0.2) is 65.6 Å². The van der Waals surface area contributed by atoms with Gasteiger partial charge in [0.2, 0.25) is 10.0 Å². The van der Waals surface area contributed by atoms with Gasteiger partial charge in [0.15, 0.2) is 0 Å². The molecule has 3 aromatic carbocycles. The molecule has 1 unspecified atom stereocenters. The van der Waals surface area contributed by atoms with Gasteiger partial charge >= 0.3 is 6.09 Å². The zero-order valence-corrected chi connectivity index (χ0v) is 22.9. The van der Waals surface area contributed by atoms with Crippen LogP contribution in [-0.4, -0.2) is 77.7 Å². The number of sulfonamides is 1. The molecule has 2 aliphatic rings. The fourth-order valence-electron chi connectivity index (χ4n) is 5.34. The number of carbonyl (C=O) groups is 1. The third-order valence-electron chi connectivity index (χ3n) is 7.37. The molecule has 39 heavy (non-hydrogen) atoms. The number of nitrogens with two attached hydrogens (primary N) is 1. The number of hydrogen-bond donors (Lipinski definition) is 3. The molecule has 10 nitrogen and oxygen atoms in total. The number of piperidine rings is 1. The quantitative estimate of drug-likeness (QED) is 0.290. The lowest BCUT2D eigenvalue weighted by Gasteiger charge is -2.33. The largest absolute Gasteiger partial charge is 0.443 e. The molecule has 1 amide bonds. The van der Waals surface area contributed by atoms with Gasteiger partial charge in [-0.25, -0.2) is 17.9 Å². The van der Waals surface area contributed by atoms with E-state index in [9.17, 15) is 13.2 Å². The van der Waals surface area contributed by atoms with Crippen LogP contribution >= 0.6 is 0 Å². The number of nitrogens with zero attached hydrogens (tertiary/aromatic N) is 3. The Morgan fingerprint density at radius 3 is 2.38 bits per heavy atom. The number of amidine groups is 1. The van der Waals surface area contributed by atoms with Crippen LogP contribution in [0.1, 0.15) is 18.4 Å². The first-order chi connectivity index (χ1) is 18.6. The van der Waals surface area contributed by atoms with Crippen molar-refractivity contribution >= 4 is 44.1 Å². The van der Waals surface area contributed by atoms with Gasteiger partial charge in [0.05, 0.1) is 11.4 Å². The molecule has 2 aliphatic heterocycles. The van der Waals surface area contributed by atoms with Crippen LogP contribution in [0.4, 0.5) is 16.2 Å². The maximum atomic E-state index is 13.4. The molecule has 0 spiro atoms. The predicted molar refractivity (Wildman–Crippen MR) is 153 cm³/mol. The van der Waals surface area contributed by atoms with Gasteiger partial charge in [-0.1, -0.05) is 24.3 Å². The number of amides is 1. The van der Waals surface area contributed by atoms with Gasteiger partial charge in [0.1, 0.15) is 11.9 Å². The minimum atomic E-state index is -3.71. The molecule has 2 saturated heterocycles. The zero-order valence-electron chi connectivity index (χ0n) is 22.1. The molecule has 206 valence electrons. The number of cyclic esters (lactones) is 1. The Balaban J connectivity index is 1.18. The Kier molecular flexibility index (Phi) is 7.48. The Bertz CT molecular complexity index is 1480. The maximum Gasteiger partial charge on any atom is 0.414 e. The number of benzene rings is 3. The minimum absolute atomic E-state index is 0.0234. The van der Waals surface area contributed by atoms with Gasteiger partial charge in [0.25, 0.3) is 0 Å². The smallest absolute Gasteiger partial charge is 0.414 e. The zero-order chi connectivity index (χ0) is 27.7. The molecule has 0 radical (unpaired) electrons. The topological polar surface area (TPSA) is 132 Å². The molecule has 2 heterocycles. The summed E-state index contributed by atoms with van der Waals surface area (Å²) in [6, 6.07) is 17.9. The summed E-state index contributed by atoms with van der Waals surface area (Å²) in [5, 5.41) is 9.12. The number of nitrogens with one attached hydrogen (secondary N) is 2. The highest BCUT2D eigenvalue weighted by atomic mass is 32.2. The number of fused-ring (bicyclic) bond motifs is 1. The second-order valence-electron chi connectivity index (χ2n) is 10.3. The van der Waals surface area contributed by atoms with E-state index >= 15 is 0 Å². The van der Waals surface area contributed by atoms with Crippen LogP contribution in [0, 0.1) is 5.41 Å². The molecule has 4 N–H and O–H groups in total. The maximum absolute atomic E-state index is 13.4. The molecule has 3 aromatic rings. The lowest BCUT2D eigenvalue weighted by Crippen LogP contribution is -2.46. The highest BCUT2D eigenvalue weighted by molar-refractivity contribution is 7.89. The molecule has 0 saturated carbocycles. The van der Waals surface area contributed by atoms with Crippen molar-refractivity contribution in [1.29, 1.82) is 5.41 Å². The lowest BCUT2D eigenvalue weighted by molar-refractivity contribution is 0.0968. The van der Waals surface area contributed by atoms with Crippen LogP contribution < -0.4 is 20.3 Å². The molecule has 0 aliphatic carbocycles. The van der Waals surface area contributed by atoms with Crippen molar-refractivity contribution in [2.24, 2.45) is 5.73 Å².